The third-order valence-electron chi connectivity index (χ3n) is 1.97. The first-order chi connectivity index (χ1) is 4.74. The highest BCUT2D eigenvalue weighted by Gasteiger charge is 2.26. The van der Waals surface area contributed by atoms with Gasteiger partial charge in [-0.3, -0.25) is 4.79 Å². The third kappa shape index (κ3) is 1.48. The molecule has 1 amide bonds. The minimum Gasteiger partial charge on any atom is -0.393 e. The lowest BCUT2D eigenvalue weighted by Gasteiger charge is -2.12. The van der Waals surface area contributed by atoms with Crippen molar-refractivity contribution in [1.82, 2.24) is 5.32 Å². The van der Waals surface area contributed by atoms with E-state index in [-0.39, 0.29) is 17.9 Å². The fourth-order valence-corrected chi connectivity index (χ4v) is 1.23. The molecule has 0 saturated carbocycles. The van der Waals surface area contributed by atoms with Crippen LogP contribution < -0.4 is 5.32 Å². The van der Waals surface area contributed by atoms with Gasteiger partial charge >= 0.3 is 0 Å². The summed E-state index contributed by atoms with van der Waals surface area (Å²) in [6, 6.07) is 0. The normalized spacial score (nSPS) is 28.2. The van der Waals surface area contributed by atoms with Gasteiger partial charge in [0.25, 0.3) is 0 Å². The zero-order valence-electron chi connectivity index (χ0n) is 6.13. The van der Waals surface area contributed by atoms with Crippen LogP contribution in [0.3, 0.4) is 0 Å². The molecule has 1 aliphatic rings. The maximum absolute atomic E-state index is 10.7. The summed E-state index contributed by atoms with van der Waals surface area (Å²) in [4.78, 5) is 10.7. The quantitative estimate of drug-likeness (QED) is 0.566. The van der Waals surface area contributed by atoms with Gasteiger partial charge < -0.3 is 10.4 Å². The first-order valence-electron chi connectivity index (χ1n) is 3.68. The Labute approximate surface area is 60.4 Å². The van der Waals surface area contributed by atoms with Gasteiger partial charge in [-0.1, -0.05) is 6.92 Å². The Morgan fingerprint density at radius 1 is 1.90 bits per heavy atom. The SMILES string of the molecule is CC[C@H](O)[C@H]1CNC(=O)C1. The van der Waals surface area contributed by atoms with E-state index in [0.717, 1.165) is 6.42 Å². The Morgan fingerprint density at radius 2 is 2.60 bits per heavy atom. The monoisotopic (exact) mass is 143 g/mol. The molecule has 0 aromatic heterocycles. The number of rotatable bonds is 2. The highest BCUT2D eigenvalue weighted by molar-refractivity contribution is 5.78. The first kappa shape index (κ1) is 7.54. The summed E-state index contributed by atoms with van der Waals surface area (Å²) in [5.74, 6) is 0.218. The second kappa shape index (κ2) is 3.01. The molecule has 0 bridgehead atoms. The third-order valence-corrected chi connectivity index (χ3v) is 1.97. The van der Waals surface area contributed by atoms with Crippen LogP contribution in [0.25, 0.3) is 0 Å². The fraction of sp³-hybridized carbons (Fsp3) is 0.857. The van der Waals surface area contributed by atoms with Gasteiger partial charge in [-0.2, -0.15) is 0 Å². The molecule has 3 heteroatoms. The maximum atomic E-state index is 10.7. The van der Waals surface area contributed by atoms with Crippen LogP contribution in [0, 0.1) is 5.92 Å². The van der Waals surface area contributed by atoms with Crippen molar-refractivity contribution in [2.45, 2.75) is 25.9 Å². The summed E-state index contributed by atoms with van der Waals surface area (Å²) >= 11 is 0. The highest BCUT2D eigenvalue weighted by Crippen LogP contribution is 2.15. The molecule has 0 unspecified atom stereocenters. The molecular weight excluding hydrogens is 130 g/mol. The van der Waals surface area contributed by atoms with E-state index in [1.54, 1.807) is 0 Å². The summed E-state index contributed by atoms with van der Waals surface area (Å²) < 4.78 is 0. The average molecular weight is 143 g/mol. The summed E-state index contributed by atoms with van der Waals surface area (Å²) in [5, 5.41) is 12.0. The molecule has 58 valence electrons. The van der Waals surface area contributed by atoms with Crippen LogP contribution in [0.2, 0.25) is 0 Å². The molecule has 0 spiro atoms. The van der Waals surface area contributed by atoms with Crippen molar-refractivity contribution in [1.29, 1.82) is 0 Å². The van der Waals surface area contributed by atoms with Crippen molar-refractivity contribution in [3.05, 3.63) is 0 Å². The van der Waals surface area contributed by atoms with E-state index in [1.807, 2.05) is 6.92 Å². The number of aliphatic hydroxyl groups is 1. The van der Waals surface area contributed by atoms with Gasteiger partial charge in [0.2, 0.25) is 5.91 Å². The molecule has 1 heterocycles. The standard InChI is InChI=1S/C7H13NO2/c1-2-6(9)5-3-7(10)8-4-5/h5-6,9H,2-4H2,1H3,(H,8,10)/t5-,6+/m1/s1. The van der Waals surface area contributed by atoms with Crippen LogP contribution in [0.1, 0.15) is 19.8 Å². The zero-order valence-corrected chi connectivity index (χ0v) is 6.13. The van der Waals surface area contributed by atoms with E-state index in [9.17, 15) is 9.90 Å². The Balaban J connectivity index is 2.36. The van der Waals surface area contributed by atoms with E-state index in [2.05, 4.69) is 5.32 Å². The molecule has 10 heavy (non-hydrogen) atoms. The van der Waals surface area contributed by atoms with Crippen LogP contribution in [0.4, 0.5) is 0 Å². The van der Waals surface area contributed by atoms with Crippen LogP contribution in [0.15, 0.2) is 0 Å². The lowest BCUT2D eigenvalue weighted by atomic mass is 10.00. The number of carbonyl (C=O) groups excluding carboxylic acids is 1. The molecule has 0 aromatic rings. The molecule has 0 aliphatic carbocycles. The number of hydrogen-bond donors (Lipinski definition) is 2. The van der Waals surface area contributed by atoms with Gasteiger partial charge in [0, 0.05) is 18.9 Å². The second-order valence-corrected chi connectivity index (χ2v) is 2.74. The lowest BCUT2D eigenvalue weighted by molar-refractivity contribution is -0.119. The van der Waals surface area contributed by atoms with E-state index >= 15 is 0 Å². The molecule has 1 saturated heterocycles. The van der Waals surface area contributed by atoms with Gasteiger partial charge in [0.1, 0.15) is 0 Å². The summed E-state index contributed by atoms with van der Waals surface area (Å²) in [7, 11) is 0. The minimum atomic E-state index is -0.307. The first-order valence-corrected chi connectivity index (χ1v) is 3.68. The van der Waals surface area contributed by atoms with Gasteiger partial charge in [-0.15, -0.1) is 0 Å². The lowest BCUT2D eigenvalue weighted by Crippen LogP contribution is -2.21. The van der Waals surface area contributed by atoms with Crippen molar-refractivity contribution < 1.29 is 9.90 Å². The van der Waals surface area contributed by atoms with Crippen molar-refractivity contribution >= 4 is 5.91 Å². The Hall–Kier alpha value is -0.570. The molecule has 2 atom stereocenters. The van der Waals surface area contributed by atoms with Crippen molar-refractivity contribution in [3.8, 4) is 0 Å². The summed E-state index contributed by atoms with van der Waals surface area (Å²) in [6.45, 7) is 2.57. The molecule has 3 nitrogen and oxygen atoms in total. The number of amides is 1. The van der Waals surface area contributed by atoms with Crippen LogP contribution in [-0.2, 0) is 4.79 Å². The largest absolute Gasteiger partial charge is 0.393 e. The van der Waals surface area contributed by atoms with E-state index in [1.165, 1.54) is 0 Å². The fourth-order valence-electron chi connectivity index (χ4n) is 1.23. The second-order valence-electron chi connectivity index (χ2n) is 2.74. The topological polar surface area (TPSA) is 49.3 Å². The Morgan fingerprint density at radius 3 is 3.00 bits per heavy atom. The molecule has 1 fully saturated rings. The predicted octanol–water partition coefficient (Wildman–Crippen LogP) is -0.107. The van der Waals surface area contributed by atoms with Gasteiger partial charge in [-0.05, 0) is 6.42 Å². The molecule has 0 radical (unpaired) electrons. The molecule has 0 aromatic carbocycles. The number of carbonyl (C=O) groups is 1. The van der Waals surface area contributed by atoms with Gasteiger partial charge in [0.05, 0.1) is 6.10 Å². The van der Waals surface area contributed by atoms with Gasteiger partial charge in [-0.25, -0.2) is 0 Å². The number of nitrogens with one attached hydrogen (secondary N) is 1. The van der Waals surface area contributed by atoms with Crippen molar-refractivity contribution in [3.63, 3.8) is 0 Å². The smallest absolute Gasteiger partial charge is 0.220 e. The van der Waals surface area contributed by atoms with E-state index in [0.29, 0.717) is 13.0 Å². The number of hydrogen-bond acceptors (Lipinski definition) is 2. The van der Waals surface area contributed by atoms with Crippen LogP contribution >= 0.6 is 0 Å². The Kier molecular flexibility index (Phi) is 2.27. The summed E-state index contributed by atoms with van der Waals surface area (Å²) in [6.07, 6.45) is 0.924. The van der Waals surface area contributed by atoms with Crippen molar-refractivity contribution in [2.75, 3.05) is 6.54 Å². The number of aliphatic hydroxyl groups excluding tert-OH is 1. The van der Waals surface area contributed by atoms with Gasteiger partial charge in [0.15, 0.2) is 0 Å². The average Bonchev–Trinajstić information content (AvgIpc) is 2.34. The van der Waals surface area contributed by atoms with Crippen LogP contribution in [-0.4, -0.2) is 23.7 Å². The van der Waals surface area contributed by atoms with E-state index < -0.39 is 0 Å². The molecular formula is C7H13NO2. The molecule has 1 rings (SSSR count). The van der Waals surface area contributed by atoms with E-state index in [4.69, 9.17) is 0 Å². The maximum Gasteiger partial charge on any atom is 0.220 e. The predicted molar refractivity (Wildman–Crippen MR) is 37.4 cm³/mol. The van der Waals surface area contributed by atoms with Crippen molar-refractivity contribution in [2.24, 2.45) is 5.92 Å². The molecule has 1 aliphatic heterocycles. The Bertz CT molecular complexity index is 136. The highest BCUT2D eigenvalue weighted by atomic mass is 16.3. The molecule has 2 N–H and O–H groups in total. The van der Waals surface area contributed by atoms with Crippen LogP contribution in [0.5, 0.6) is 0 Å². The minimum absolute atomic E-state index is 0.0671. The zero-order chi connectivity index (χ0) is 7.56. The summed E-state index contributed by atoms with van der Waals surface area (Å²) in [5.41, 5.74) is 0.